The minimum absolute atomic E-state index is 0.457. The smallest absolute Gasteiger partial charge is 0.146 e. The zero-order chi connectivity index (χ0) is 12.5. The molecule has 1 heterocycles. The number of hydrogen-bond acceptors (Lipinski definition) is 4. The van der Waals surface area contributed by atoms with E-state index in [4.69, 9.17) is 10.5 Å². The van der Waals surface area contributed by atoms with Gasteiger partial charge in [-0.1, -0.05) is 12.8 Å². The third-order valence-electron chi connectivity index (χ3n) is 4.51. The van der Waals surface area contributed by atoms with Gasteiger partial charge in [-0.25, -0.2) is 0 Å². The average Bonchev–Trinajstić information content (AvgIpc) is 3.00. The topological polar surface area (TPSA) is 66.0 Å². The number of nitrogens with two attached hydrogens (primary N) is 1. The monoisotopic (exact) mass is 250 g/mol. The summed E-state index contributed by atoms with van der Waals surface area (Å²) in [6.07, 6.45) is 5.50. The van der Waals surface area contributed by atoms with E-state index in [0.717, 1.165) is 30.0 Å². The van der Waals surface area contributed by atoms with Crippen LogP contribution in [-0.4, -0.2) is 28.5 Å². The second-order valence-corrected chi connectivity index (χ2v) is 5.46. The molecule has 1 aromatic heterocycles. The number of aromatic nitrogens is 3. The van der Waals surface area contributed by atoms with Gasteiger partial charge in [-0.3, -0.25) is 0 Å². The van der Waals surface area contributed by atoms with Gasteiger partial charge in [0.05, 0.1) is 13.2 Å². The van der Waals surface area contributed by atoms with Crippen molar-refractivity contribution in [1.29, 1.82) is 0 Å². The van der Waals surface area contributed by atoms with E-state index in [-0.39, 0.29) is 0 Å². The normalized spacial score (nSPS) is 30.2. The molecule has 2 N–H and O–H groups in total. The van der Waals surface area contributed by atoms with Crippen LogP contribution < -0.4 is 5.73 Å². The Bertz CT molecular complexity index is 405. The Balaban J connectivity index is 1.81. The lowest BCUT2D eigenvalue weighted by atomic mass is 10.0. The lowest BCUT2D eigenvalue weighted by molar-refractivity contribution is 0.185. The number of nitrogens with zero attached hydrogens (tertiary/aromatic N) is 3. The predicted molar refractivity (Wildman–Crippen MR) is 68.0 cm³/mol. The summed E-state index contributed by atoms with van der Waals surface area (Å²) in [5.41, 5.74) is 5.74. The van der Waals surface area contributed by atoms with Crippen LogP contribution in [0.2, 0.25) is 0 Å². The first-order valence-electron chi connectivity index (χ1n) is 6.97. The summed E-state index contributed by atoms with van der Waals surface area (Å²) in [5.74, 6) is 4.40. The molecule has 0 amide bonds. The first kappa shape index (κ1) is 12.1. The molecule has 3 rings (SSSR count). The van der Waals surface area contributed by atoms with E-state index in [1.807, 2.05) is 0 Å². The predicted octanol–water partition coefficient (Wildman–Crippen LogP) is 1.29. The van der Waals surface area contributed by atoms with Crippen molar-refractivity contribution in [3.8, 4) is 0 Å². The molecule has 0 radical (unpaired) electrons. The molecule has 5 nitrogen and oxygen atoms in total. The van der Waals surface area contributed by atoms with Gasteiger partial charge in [-0.05, 0) is 24.7 Å². The number of rotatable bonds is 5. The zero-order valence-corrected chi connectivity index (χ0v) is 11.0. The van der Waals surface area contributed by atoms with Gasteiger partial charge in [-0.15, -0.1) is 10.2 Å². The van der Waals surface area contributed by atoms with Crippen molar-refractivity contribution >= 4 is 0 Å². The summed E-state index contributed by atoms with van der Waals surface area (Å²) in [4.78, 5) is 0. The quantitative estimate of drug-likeness (QED) is 0.855. The fourth-order valence-corrected chi connectivity index (χ4v) is 3.55. The summed E-state index contributed by atoms with van der Waals surface area (Å²) in [7, 11) is 1.73. The SMILES string of the molecule is COCCn1c(CN)nnc1C1C2CCCCC21. The van der Waals surface area contributed by atoms with Gasteiger partial charge in [0.1, 0.15) is 11.6 Å². The largest absolute Gasteiger partial charge is 0.383 e. The maximum atomic E-state index is 5.74. The van der Waals surface area contributed by atoms with E-state index >= 15 is 0 Å². The van der Waals surface area contributed by atoms with Gasteiger partial charge in [0.25, 0.3) is 0 Å². The zero-order valence-electron chi connectivity index (χ0n) is 11.0. The Labute approximate surface area is 108 Å². The summed E-state index contributed by atoms with van der Waals surface area (Å²) in [6.45, 7) is 1.97. The van der Waals surface area contributed by atoms with Crippen molar-refractivity contribution in [2.24, 2.45) is 17.6 Å². The molecule has 0 aromatic carbocycles. The third kappa shape index (κ3) is 1.95. The van der Waals surface area contributed by atoms with E-state index in [0.29, 0.717) is 19.1 Å². The van der Waals surface area contributed by atoms with Crippen LogP contribution in [0.25, 0.3) is 0 Å². The van der Waals surface area contributed by atoms with Crippen LogP contribution in [0.3, 0.4) is 0 Å². The van der Waals surface area contributed by atoms with Crippen molar-refractivity contribution in [1.82, 2.24) is 14.8 Å². The summed E-state index contributed by atoms with van der Waals surface area (Å²) < 4.78 is 7.36. The van der Waals surface area contributed by atoms with E-state index in [2.05, 4.69) is 14.8 Å². The minimum atomic E-state index is 0.457. The fraction of sp³-hybridized carbons (Fsp3) is 0.846. The van der Waals surface area contributed by atoms with Crippen molar-refractivity contribution in [3.63, 3.8) is 0 Å². The molecule has 0 aliphatic heterocycles. The lowest BCUT2D eigenvalue weighted by Gasteiger charge is -2.08. The van der Waals surface area contributed by atoms with Gasteiger partial charge in [0, 0.05) is 19.6 Å². The van der Waals surface area contributed by atoms with Crippen molar-refractivity contribution in [2.45, 2.75) is 44.7 Å². The minimum Gasteiger partial charge on any atom is -0.383 e. The Morgan fingerprint density at radius 1 is 1.28 bits per heavy atom. The van der Waals surface area contributed by atoms with Gasteiger partial charge < -0.3 is 15.0 Å². The molecule has 1 aromatic rings. The lowest BCUT2D eigenvalue weighted by Crippen LogP contribution is -2.14. The molecule has 0 bridgehead atoms. The first-order valence-corrected chi connectivity index (χ1v) is 6.97. The van der Waals surface area contributed by atoms with Crippen molar-refractivity contribution in [2.75, 3.05) is 13.7 Å². The molecular weight excluding hydrogens is 228 g/mol. The maximum Gasteiger partial charge on any atom is 0.146 e. The van der Waals surface area contributed by atoms with Crippen LogP contribution in [-0.2, 0) is 17.8 Å². The highest BCUT2D eigenvalue weighted by Crippen LogP contribution is 2.60. The molecule has 2 atom stereocenters. The second-order valence-electron chi connectivity index (χ2n) is 5.46. The molecule has 2 saturated carbocycles. The number of methoxy groups -OCH3 is 1. The van der Waals surface area contributed by atoms with Crippen LogP contribution in [0.4, 0.5) is 0 Å². The van der Waals surface area contributed by atoms with Crippen molar-refractivity contribution < 1.29 is 4.74 Å². The van der Waals surface area contributed by atoms with Gasteiger partial charge in [-0.2, -0.15) is 0 Å². The molecule has 2 unspecified atom stereocenters. The van der Waals surface area contributed by atoms with Gasteiger partial charge in [0.2, 0.25) is 0 Å². The molecule has 100 valence electrons. The molecule has 2 aliphatic rings. The van der Waals surface area contributed by atoms with Gasteiger partial charge in [0.15, 0.2) is 0 Å². The first-order chi connectivity index (χ1) is 8.86. The Morgan fingerprint density at radius 3 is 2.61 bits per heavy atom. The molecular formula is C13H22N4O. The van der Waals surface area contributed by atoms with Crippen LogP contribution in [0, 0.1) is 11.8 Å². The third-order valence-corrected chi connectivity index (χ3v) is 4.51. The summed E-state index contributed by atoms with van der Waals surface area (Å²) >= 11 is 0. The summed E-state index contributed by atoms with van der Waals surface area (Å²) in [6, 6.07) is 0. The number of ether oxygens (including phenoxy) is 1. The van der Waals surface area contributed by atoms with E-state index in [1.54, 1.807) is 7.11 Å². The highest BCUT2D eigenvalue weighted by molar-refractivity contribution is 5.18. The molecule has 0 saturated heterocycles. The Kier molecular flexibility index (Phi) is 3.35. The standard InChI is InChI=1S/C13H22N4O/c1-18-7-6-17-11(8-14)15-16-13(17)12-9-4-2-3-5-10(9)12/h9-10,12H,2-8,14H2,1H3. The molecule has 5 heteroatoms. The fourth-order valence-electron chi connectivity index (χ4n) is 3.55. The van der Waals surface area contributed by atoms with Crippen LogP contribution in [0.15, 0.2) is 0 Å². The molecule has 2 fully saturated rings. The van der Waals surface area contributed by atoms with Crippen LogP contribution in [0.1, 0.15) is 43.3 Å². The van der Waals surface area contributed by atoms with Crippen molar-refractivity contribution in [3.05, 3.63) is 11.6 Å². The Hall–Kier alpha value is -0.940. The highest BCUT2D eigenvalue weighted by atomic mass is 16.5. The van der Waals surface area contributed by atoms with Crippen LogP contribution >= 0.6 is 0 Å². The molecule has 18 heavy (non-hydrogen) atoms. The Morgan fingerprint density at radius 2 is 2.00 bits per heavy atom. The highest BCUT2D eigenvalue weighted by Gasteiger charge is 2.53. The average molecular weight is 250 g/mol. The van der Waals surface area contributed by atoms with E-state index < -0.39 is 0 Å². The maximum absolute atomic E-state index is 5.74. The van der Waals surface area contributed by atoms with Crippen LogP contribution in [0.5, 0.6) is 0 Å². The van der Waals surface area contributed by atoms with E-state index in [9.17, 15) is 0 Å². The second kappa shape index (κ2) is 4.97. The number of hydrogen-bond donors (Lipinski definition) is 1. The van der Waals surface area contributed by atoms with E-state index in [1.165, 1.54) is 25.7 Å². The number of fused-ring (bicyclic) bond motifs is 1. The summed E-state index contributed by atoms with van der Waals surface area (Å²) in [5, 5.41) is 8.64. The van der Waals surface area contributed by atoms with Gasteiger partial charge >= 0.3 is 0 Å². The molecule has 2 aliphatic carbocycles. The molecule has 0 spiro atoms.